The summed E-state index contributed by atoms with van der Waals surface area (Å²) < 4.78 is 0. The second-order valence-corrected chi connectivity index (χ2v) is 6.10. The number of hydrogen-bond acceptors (Lipinski definition) is 3. The maximum absolute atomic E-state index is 12.2. The summed E-state index contributed by atoms with van der Waals surface area (Å²) in [5, 5.41) is 16.3. The number of piperidine rings is 1. The average Bonchev–Trinajstić information content (AvgIpc) is 2.48. The summed E-state index contributed by atoms with van der Waals surface area (Å²) in [5.74, 6) is -0.0686. The van der Waals surface area contributed by atoms with Gasteiger partial charge in [0.05, 0.1) is 17.5 Å². The highest BCUT2D eigenvalue weighted by Gasteiger charge is 2.34. The van der Waals surface area contributed by atoms with Crippen molar-refractivity contribution in [1.29, 1.82) is 5.26 Å². The van der Waals surface area contributed by atoms with E-state index in [-0.39, 0.29) is 18.4 Å². The molecule has 0 saturated carbocycles. The Morgan fingerprint density at radius 1 is 1.43 bits per heavy atom. The molecule has 1 aromatic rings. The first kappa shape index (κ1) is 15.8. The van der Waals surface area contributed by atoms with Gasteiger partial charge in [-0.15, -0.1) is 0 Å². The first-order chi connectivity index (χ1) is 10.0. The highest BCUT2D eigenvalue weighted by Crippen LogP contribution is 2.32. The third kappa shape index (κ3) is 4.20. The van der Waals surface area contributed by atoms with Crippen molar-refractivity contribution in [1.82, 2.24) is 10.6 Å². The molecule has 0 aromatic heterocycles. The summed E-state index contributed by atoms with van der Waals surface area (Å²) in [6.07, 6.45) is 1.72. The SMILES string of the molecule is C[C@@H](NC(=O)CC1(C#N)CCNCC1)c1ccc(Cl)cc1. The van der Waals surface area contributed by atoms with Gasteiger partial charge in [0.2, 0.25) is 5.91 Å². The van der Waals surface area contributed by atoms with Gasteiger partial charge in [0.1, 0.15) is 0 Å². The van der Waals surface area contributed by atoms with Crippen LogP contribution in [-0.2, 0) is 4.79 Å². The van der Waals surface area contributed by atoms with Gasteiger partial charge in [0.25, 0.3) is 0 Å². The van der Waals surface area contributed by atoms with E-state index < -0.39 is 5.41 Å². The van der Waals surface area contributed by atoms with Crippen molar-refractivity contribution in [3.05, 3.63) is 34.9 Å². The summed E-state index contributed by atoms with van der Waals surface area (Å²) in [6, 6.07) is 9.68. The molecule has 1 aromatic carbocycles. The van der Waals surface area contributed by atoms with E-state index in [1.807, 2.05) is 31.2 Å². The standard InChI is InChI=1S/C16H20ClN3O/c1-12(13-2-4-14(17)5-3-13)20-15(21)10-16(11-18)6-8-19-9-7-16/h2-5,12,19H,6-10H2,1H3,(H,20,21)/t12-/m1/s1. The van der Waals surface area contributed by atoms with Gasteiger partial charge in [-0.05, 0) is 50.6 Å². The number of nitrogens with zero attached hydrogens (tertiary/aromatic N) is 1. The Labute approximate surface area is 130 Å². The summed E-state index contributed by atoms with van der Waals surface area (Å²) >= 11 is 5.86. The van der Waals surface area contributed by atoms with Crippen LogP contribution in [0.25, 0.3) is 0 Å². The van der Waals surface area contributed by atoms with Crippen LogP contribution in [0, 0.1) is 16.7 Å². The minimum Gasteiger partial charge on any atom is -0.350 e. The molecular formula is C16H20ClN3O. The normalized spacial score (nSPS) is 18.5. The Balaban J connectivity index is 1.94. The van der Waals surface area contributed by atoms with Crippen molar-refractivity contribution in [3.8, 4) is 6.07 Å². The van der Waals surface area contributed by atoms with Gasteiger partial charge in [-0.2, -0.15) is 5.26 Å². The molecule has 2 N–H and O–H groups in total. The van der Waals surface area contributed by atoms with Crippen LogP contribution in [0.4, 0.5) is 0 Å². The van der Waals surface area contributed by atoms with E-state index in [2.05, 4.69) is 16.7 Å². The van der Waals surface area contributed by atoms with Crippen molar-refractivity contribution in [2.24, 2.45) is 5.41 Å². The van der Waals surface area contributed by atoms with E-state index in [0.29, 0.717) is 5.02 Å². The zero-order chi connectivity index (χ0) is 15.3. The van der Waals surface area contributed by atoms with Crippen LogP contribution in [0.3, 0.4) is 0 Å². The number of benzene rings is 1. The minimum atomic E-state index is -0.519. The van der Waals surface area contributed by atoms with Gasteiger partial charge in [-0.1, -0.05) is 23.7 Å². The van der Waals surface area contributed by atoms with Crippen LogP contribution < -0.4 is 10.6 Å². The molecule has 2 rings (SSSR count). The topological polar surface area (TPSA) is 64.9 Å². The molecule has 4 nitrogen and oxygen atoms in total. The number of nitrogens with one attached hydrogen (secondary N) is 2. The molecule has 1 aliphatic rings. The number of nitriles is 1. The van der Waals surface area contributed by atoms with Crippen molar-refractivity contribution < 1.29 is 4.79 Å². The van der Waals surface area contributed by atoms with Crippen molar-refractivity contribution in [3.63, 3.8) is 0 Å². The molecule has 1 aliphatic heterocycles. The molecule has 0 radical (unpaired) electrons. The lowest BCUT2D eigenvalue weighted by Gasteiger charge is -2.31. The van der Waals surface area contributed by atoms with E-state index in [1.54, 1.807) is 0 Å². The van der Waals surface area contributed by atoms with E-state index in [0.717, 1.165) is 31.5 Å². The molecule has 0 spiro atoms. The molecule has 5 heteroatoms. The van der Waals surface area contributed by atoms with Gasteiger partial charge < -0.3 is 10.6 Å². The zero-order valence-corrected chi connectivity index (χ0v) is 12.9. The maximum Gasteiger partial charge on any atom is 0.222 e. The van der Waals surface area contributed by atoms with Crippen molar-refractivity contribution in [2.75, 3.05) is 13.1 Å². The smallest absolute Gasteiger partial charge is 0.222 e. The van der Waals surface area contributed by atoms with E-state index >= 15 is 0 Å². The molecule has 0 bridgehead atoms. The molecule has 1 saturated heterocycles. The lowest BCUT2D eigenvalue weighted by atomic mass is 9.77. The Morgan fingerprint density at radius 3 is 2.62 bits per heavy atom. The van der Waals surface area contributed by atoms with Gasteiger partial charge in [0.15, 0.2) is 0 Å². The van der Waals surface area contributed by atoms with E-state index in [4.69, 9.17) is 11.6 Å². The average molecular weight is 306 g/mol. The largest absolute Gasteiger partial charge is 0.350 e. The molecule has 1 amide bonds. The van der Waals surface area contributed by atoms with Gasteiger partial charge in [0, 0.05) is 11.4 Å². The Hall–Kier alpha value is -1.57. The van der Waals surface area contributed by atoms with Crippen LogP contribution in [0.2, 0.25) is 5.02 Å². The molecule has 1 atom stereocenters. The fraction of sp³-hybridized carbons (Fsp3) is 0.500. The van der Waals surface area contributed by atoms with E-state index in [9.17, 15) is 10.1 Å². The summed E-state index contributed by atoms with van der Waals surface area (Å²) in [4.78, 5) is 12.2. The summed E-state index contributed by atoms with van der Waals surface area (Å²) in [6.45, 7) is 3.53. The zero-order valence-electron chi connectivity index (χ0n) is 12.2. The molecule has 1 heterocycles. The first-order valence-corrected chi connectivity index (χ1v) is 7.59. The number of carbonyl (C=O) groups excluding carboxylic acids is 1. The third-order valence-corrected chi connectivity index (χ3v) is 4.30. The Morgan fingerprint density at radius 2 is 2.05 bits per heavy atom. The lowest BCUT2D eigenvalue weighted by molar-refractivity contribution is -0.123. The molecule has 1 fully saturated rings. The Kier molecular flexibility index (Phi) is 5.22. The second kappa shape index (κ2) is 6.93. The number of halogens is 1. The molecule has 0 unspecified atom stereocenters. The minimum absolute atomic E-state index is 0.0686. The molecule has 112 valence electrons. The molecular weight excluding hydrogens is 286 g/mol. The summed E-state index contributed by atoms with van der Waals surface area (Å²) in [5.41, 5.74) is 0.485. The van der Waals surface area contributed by atoms with E-state index in [1.165, 1.54) is 0 Å². The van der Waals surface area contributed by atoms with Crippen LogP contribution in [0.15, 0.2) is 24.3 Å². The van der Waals surface area contributed by atoms with Crippen LogP contribution in [0.5, 0.6) is 0 Å². The third-order valence-electron chi connectivity index (χ3n) is 4.04. The predicted molar refractivity (Wildman–Crippen MR) is 82.8 cm³/mol. The molecule has 0 aliphatic carbocycles. The van der Waals surface area contributed by atoms with Crippen LogP contribution >= 0.6 is 11.6 Å². The van der Waals surface area contributed by atoms with Gasteiger partial charge in [-0.3, -0.25) is 4.79 Å². The van der Waals surface area contributed by atoms with Crippen molar-refractivity contribution in [2.45, 2.75) is 32.2 Å². The quantitative estimate of drug-likeness (QED) is 0.899. The highest BCUT2D eigenvalue weighted by molar-refractivity contribution is 6.30. The van der Waals surface area contributed by atoms with Gasteiger partial charge in [-0.25, -0.2) is 0 Å². The fourth-order valence-corrected chi connectivity index (χ4v) is 2.79. The summed E-state index contributed by atoms with van der Waals surface area (Å²) in [7, 11) is 0. The fourth-order valence-electron chi connectivity index (χ4n) is 2.67. The lowest BCUT2D eigenvalue weighted by Crippen LogP contribution is -2.40. The number of carbonyl (C=O) groups is 1. The highest BCUT2D eigenvalue weighted by atomic mass is 35.5. The Bertz CT molecular complexity index is 529. The first-order valence-electron chi connectivity index (χ1n) is 7.21. The number of amides is 1. The van der Waals surface area contributed by atoms with Crippen molar-refractivity contribution >= 4 is 17.5 Å². The van der Waals surface area contributed by atoms with Crippen LogP contribution in [0.1, 0.15) is 37.8 Å². The number of hydrogen-bond donors (Lipinski definition) is 2. The molecule has 21 heavy (non-hydrogen) atoms. The second-order valence-electron chi connectivity index (χ2n) is 5.66. The monoisotopic (exact) mass is 305 g/mol. The maximum atomic E-state index is 12.2. The van der Waals surface area contributed by atoms with Crippen LogP contribution in [-0.4, -0.2) is 19.0 Å². The number of rotatable bonds is 4. The van der Waals surface area contributed by atoms with Gasteiger partial charge >= 0.3 is 0 Å². The predicted octanol–water partition coefficient (Wildman–Crippen LogP) is 2.80.